The summed E-state index contributed by atoms with van der Waals surface area (Å²) in [6.45, 7) is 5.33. The van der Waals surface area contributed by atoms with Gasteiger partial charge in [0.1, 0.15) is 5.82 Å². The van der Waals surface area contributed by atoms with Gasteiger partial charge in [-0.25, -0.2) is 14.8 Å². The van der Waals surface area contributed by atoms with Gasteiger partial charge in [0, 0.05) is 26.1 Å². The lowest BCUT2D eigenvalue weighted by atomic mass is 10.2. The molecule has 0 bridgehead atoms. The van der Waals surface area contributed by atoms with Gasteiger partial charge in [0.25, 0.3) is 0 Å². The van der Waals surface area contributed by atoms with E-state index in [4.69, 9.17) is 4.74 Å². The Bertz CT molecular complexity index is 476. The molecule has 1 aliphatic rings. The van der Waals surface area contributed by atoms with Crippen molar-refractivity contribution in [2.24, 2.45) is 0 Å². The van der Waals surface area contributed by atoms with Gasteiger partial charge in [0.15, 0.2) is 5.69 Å². The van der Waals surface area contributed by atoms with Gasteiger partial charge in [-0.3, -0.25) is 0 Å². The predicted molar refractivity (Wildman–Crippen MR) is 70.7 cm³/mol. The third-order valence-corrected chi connectivity index (χ3v) is 3.33. The highest BCUT2D eigenvalue weighted by molar-refractivity contribution is 5.92. The molecule has 0 radical (unpaired) electrons. The molecule has 1 aliphatic heterocycles. The summed E-state index contributed by atoms with van der Waals surface area (Å²) in [6.07, 6.45) is 2.65. The molecule has 1 aromatic rings. The number of methoxy groups -OCH3 is 1. The van der Waals surface area contributed by atoms with Crippen LogP contribution in [0.3, 0.4) is 0 Å². The summed E-state index contributed by atoms with van der Waals surface area (Å²) in [6, 6.07) is 0. The minimum Gasteiger partial charge on any atom is -0.476 e. The van der Waals surface area contributed by atoms with Crippen LogP contribution in [0.25, 0.3) is 0 Å². The number of carboxylic acid groups (broad SMARTS) is 1. The second-order valence-corrected chi connectivity index (χ2v) is 5.01. The monoisotopic (exact) mass is 265 g/mol. The Morgan fingerprint density at radius 3 is 2.84 bits per heavy atom. The van der Waals surface area contributed by atoms with E-state index in [1.54, 1.807) is 13.3 Å². The Kier molecular flexibility index (Phi) is 3.99. The average molecular weight is 265 g/mol. The maximum absolute atomic E-state index is 11.4. The van der Waals surface area contributed by atoms with Gasteiger partial charge in [0.2, 0.25) is 0 Å². The Morgan fingerprint density at radius 1 is 1.58 bits per heavy atom. The first kappa shape index (κ1) is 13.7. The van der Waals surface area contributed by atoms with Gasteiger partial charge in [-0.15, -0.1) is 0 Å². The Balaban J connectivity index is 2.32. The number of aromatic carboxylic acids is 1. The number of hydrogen-bond donors (Lipinski definition) is 1. The van der Waals surface area contributed by atoms with Gasteiger partial charge in [-0.1, -0.05) is 13.8 Å². The first-order chi connectivity index (χ1) is 9.02. The van der Waals surface area contributed by atoms with E-state index in [0.29, 0.717) is 18.1 Å². The highest BCUT2D eigenvalue weighted by Gasteiger charge is 2.27. The van der Waals surface area contributed by atoms with Crippen molar-refractivity contribution in [2.75, 3.05) is 25.1 Å². The zero-order valence-electron chi connectivity index (χ0n) is 11.5. The summed E-state index contributed by atoms with van der Waals surface area (Å²) in [5.41, 5.74) is 0.659. The third kappa shape index (κ3) is 2.84. The van der Waals surface area contributed by atoms with Crippen molar-refractivity contribution in [2.45, 2.75) is 32.3 Å². The van der Waals surface area contributed by atoms with E-state index in [1.165, 1.54) is 0 Å². The molecular formula is C13H19N3O3. The molecule has 0 amide bonds. The number of anilines is 1. The second kappa shape index (κ2) is 5.52. The first-order valence-corrected chi connectivity index (χ1v) is 6.41. The highest BCUT2D eigenvalue weighted by Crippen LogP contribution is 2.25. The Labute approximate surface area is 112 Å². The smallest absolute Gasteiger partial charge is 0.356 e. The number of aromatic nitrogens is 2. The van der Waals surface area contributed by atoms with Crippen molar-refractivity contribution in [3.63, 3.8) is 0 Å². The fraction of sp³-hybridized carbons (Fsp3) is 0.615. The number of nitrogens with zero attached hydrogens (tertiary/aromatic N) is 3. The molecule has 19 heavy (non-hydrogen) atoms. The fourth-order valence-corrected chi connectivity index (χ4v) is 2.20. The molecule has 2 heterocycles. The lowest BCUT2D eigenvalue weighted by molar-refractivity contribution is 0.0690. The fourth-order valence-electron chi connectivity index (χ4n) is 2.20. The van der Waals surface area contributed by atoms with Gasteiger partial charge < -0.3 is 14.7 Å². The molecule has 0 aromatic carbocycles. The minimum absolute atomic E-state index is 0.0791. The predicted octanol–water partition coefficient (Wildman–Crippen LogP) is 1.52. The summed E-state index contributed by atoms with van der Waals surface area (Å²) < 4.78 is 5.30. The Morgan fingerprint density at radius 2 is 2.32 bits per heavy atom. The van der Waals surface area contributed by atoms with Crippen LogP contribution in [-0.2, 0) is 4.74 Å². The molecular weight excluding hydrogens is 246 g/mol. The maximum atomic E-state index is 11.4. The molecule has 2 rings (SSSR count). The van der Waals surface area contributed by atoms with Crippen LogP contribution in [0.5, 0.6) is 0 Å². The molecule has 6 heteroatoms. The molecule has 0 saturated carbocycles. The van der Waals surface area contributed by atoms with Crippen molar-refractivity contribution in [3.8, 4) is 0 Å². The number of carboxylic acids is 1. The highest BCUT2D eigenvalue weighted by atomic mass is 16.5. The molecule has 1 aromatic heterocycles. The van der Waals surface area contributed by atoms with Crippen molar-refractivity contribution in [1.29, 1.82) is 0 Å². The van der Waals surface area contributed by atoms with Crippen LogP contribution in [0.1, 0.15) is 42.5 Å². The maximum Gasteiger partial charge on any atom is 0.356 e. The number of carbonyl (C=O) groups is 1. The van der Waals surface area contributed by atoms with Crippen molar-refractivity contribution in [1.82, 2.24) is 9.97 Å². The normalized spacial score (nSPS) is 19.2. The molecule has 1 saturated heterocycles. The topological polar surface area (TPSA) is 75.5 Å². The zero-order valence-corrected chi connectivity index (χ0v) is 11.5. The zero-order chi connectivity index (χ0) is 14.0. The van der Waals surface area contributed by atoms with Gasteiger partial charge in [0.05, 0.1) is 18.0 Å². The van der Waals surface area contributed by atoms with E-state index in [9.17, 15) is 9.90 Å². The van der Waals surface area contributed by atoms with Crippen molar-refractivity contribution in [3.05, 3.63) is 17.7 Å². The molecule has 1 atom stereocenters. The van der Waals surface area contributed by atoms with Crippen LogP contribution in [0.2, 0.25) is 0 Å². The largest absolute Gasteiger partial charge is 0.476 e. The number of rotatable bonds is 4. The molecule has 1 fully saturated rings. The first-order valence-electron chi connectivity index (χ1n) is 6.41. The standard InChI is InChI=1S/C13H19N3O3/c1-8(2)12-14-6-10(11(15-12)13(17)18)16-5-4-9(7-16)19-3/h6,8-9H,4-5,7H2,1-3H3,(H,17,18). The lowest BCUT2D eigenvalue weighted by Gasteiger charge is -2.20. The van der Waals surface area contributed by atoms with E-state index in [-0.39, 0.29) is 17.7 Å². The number of ether oxygens (including phenoxy) is 1. The Hall–Kier alpha value is -1.69. The van der Waals surface area contributed by atoms with E-state index < -0.39 is 5.97 Å². The average Bonchev–Trinajstić information content (AvgIpc) is 2.86. The van der Waals surface area contributed by atoms with Gasteiger partial charge in [-0.05, 0) is 6.42 Å². The summed E-state index contributed by atoms with van der Waals surface area (Å²) in [5, 5.41) is 9.31. The van der Waals surface area contributed by atoms with E-state index in [2.05, 4.69) is 9.97 Å². The third-order valence-electron chi connectivity index (χ3n) is 3.33. The summed E-state index contributed by atoms with van der Waals surface area (Å²) >= 11 is 0. The van der Waals surface area contributed by atoms with Crippen molar-refractivity contribution >= 4 is 11.7 Å². The molecule has 104 valence electrons. The van der Waals surface area contributed by atoms with Crippen LogP contribution in [-0.4, -0.2) is 47.3 Å². The van der Waals surface area contributed by atoms with Gasteiger partial charge >= 0.3 is 5.97 Å². The van der Waals surface area contributed by atoms with E-state index in [1.807, 2.05) is 18.7 Å². The van der Waals surface area contributed by atoms with Gasteiger partial charge in [-0.2, -0.15) is 0 Å². The summed E-state index contributed by atoms with van der Waals surface area (Å²) in [4.78, 5) is 21.8. The second-order valence-electron chi connectivity index (χ2n) is 5.01. The van der Waals surface area contributed by atoms with E-state index >= 15 is 0 Å². The van der Waals surface area contributed by atoms with E-state index in [0.717, 1.165) is 13.0 Å². The molecule has 6 nitrogen and oxygen atoms in total. The van der Waals surface area contributed by atoms with Crippen LogP contribution in [0, 0.1) is 0 Å². The number of hydrogen-bond acceptors (Lipinski definition) is 5. The van der Waals surface area contributed by atoms with Crippen LogP contribution in [0.15, 0.2) is 6.20 Å². The SMILES string of the molecule is COC1CCN(c2cnc(C(C)C)nc2C(=O)O)C1. The minimum atomic E-state index is -1.01. The lowest BCUT2D eigenvalue weighted by Crippen LogP contribution is -2.25. The molecule has 1 N–H and O–H groups in total. The molecule has 0 spiro atoms. The summed E-state index contributed by atoms with van der Waals surface area (Å²) in [7, 11) is 1.67. The van der Waals surface area contributed by atoms with Crippen LogP contribution in [0.4, 0.5) is 5.69 Å². The molecule has 1 unspecified atom stereocenters. The van der Waals surface area contributed by atoms with Crippen molar-refractivity contribution < 1.29 is 14.6 Å². The molecule has 0 aliphatic carbocycles. The summed E-state index contributed by atoms with van der Waals surface area (Å²) in [5.74, 6) is -0.346. The van der Waals surface area contributed by atoms with Crippen LogP contribution < -0.4 is 4.90 Å². The quantitative estimate of drug-likeness (QED) is 0.889. The van der Waals surface area contributed by atoms with Crippen LogP contribution >= 0.6 is 0 Å².